The molecule has 0 spiro atoms. The second-order valence-corrected chi connectivity index (χ2v) is 7.31. The number of nitriles is 1. The van der Waals surface area contributed by atoms with Gasteiger partial charge in [-0.15, -0.1) is 0 Å². The highest BCUT2D eigenvalue weighted by Crippen LogP contribution is 2.34. The van der Waals surface area contributed by atoms with Crippen LogP contribution in [0.2, 0.25) is 0 Å². The fourth-order valence-electron chi connectivity index (χ4n) is 3.35. The van der Waals surface area contributed by atoms with Gasteiger partial charge in [0, 0.05) is 32.3 Å². The van der Waals surface area contributed by atoms with Crippen molar-refractivity contribution in [1.82, 2.24) is 9.55 Å². The Morgan fingerprint density at radius 2 is 1.94 bits per heavy atom. The van der Waals surface area contributed by atoms with Gasteiger partial charge in [0.2, 0.25) is 5.88 Å². The van der Waals surface area contributed by atoms with Crippen LogP contribution in [0.5, 0.6) is 17.4 Å². The summed E-state index contributed by atoms with van der Waals surface area (Å²) in [5, 5.41) is 9.43. The Labute approximate surface area is 185 Å². The van der Waals surface area contributed by atoms with Crippen LogP contribution in [0.15, 0.2) is 47.3 Å². The van der Waals surface area contributed by atoms with Crippen molar-refractivity contribution in [2.75, 3.05) is 18.5 Å². The van der Waals surface area contributed by atoms with Crippen LogP contribution in [0.1, 0.15) is 16.7 Å². The van der Waals surface area contributed by atoms with Crippen molar-refractivity contribution in [3.63, 3.8) is 0 Å². The van der Waals surface area contributed by atoms with Crippen LogP contribution in [-0.4, -0.2) is 23.1 Å². The largest absolute Gasteiger partial charge is 0.473 e. The van der Waals surface area contributed by atoms with E-state index in [0.717, 1.165) is 6.07 Å². The molecule has 2 aromatic carbocycles. The number of nitrogens with zero attached hydrogens (tertiary/aromatic N) is 4. The fourth-order valence-corrected chi connectivity index (χ4v) is 3.35. The average Bonchev–Trinajstić information content (AvgIpc) is 3.13. The summed E-state index contributed by atoms with van der Waals surface area (Å²) in [4.78, 5) is 17.9. The van der Waals surface area contributed by atoms with Crippen molar-refractivity contribution in [2.24, 2.45) is 0 Å². The summed E-state index contributed by atoms with van der Waals surface area (Å²) in [6, 6.07) is 9.65. The molecule has 33 heavy (non-hydrogen) atoms. The molecule has 0 unspecified atom stereocenters. The second kappa shape index (κ2) is 8.46. The number of aromatic nitrogens is 2. The van der Waals surface area contributed by atoms with Crippen molar-refractivity contribution < 1.29 is 27.0 Å². The molecular weight excluding hydrogens is 444 g/mol. The molecule has 0 saturated carbocycles. The first-order valence-electron chi connectivity index (χ1n) is 9.68. The molecule has 1 aliphatic rings. The molecule has 4 rings (SSSR count). The van der Waals surface area contributed by atoms with Gasteiger partial charge in [-0.05, 0) is 29.8 Å². The van der Waals surface area contributed by atoms with Gasteiger partial charge in [0.15, 0.2) is 0 Å². The van der Waals surface area contributed by atoms with Gasteiger partial charge in [-0.1, -0.05) is 6.07 Å². The Kier molecular flexibility index (Phi) is 5.68. The van der Waals surface area contributed by atoms with E-state index < -0.39 is 29.0 Å². The molecule has 0 aliphatic carbocycles. The molecule has 170 valence electrons. The molecule has 0 amide bonds. The van der Waals surface area contributed by atoms with Crippen molar-refractivity contribution in [3.8, 4) is 23.4 Å². The normalized spacial score (nSPS) is 12.9. The Morgan fingerprint density at radius 1 is 1.15 bits per heavy atom. The molecule has 1 aliphatic heterocycles. The summed E-state index contributed by atoms with van der Waals surface area (Å²) in [5.74, 6) is -0.755. The number of hydrogen-bond acceptors (Lipinski definition) is 6. The summed E-state index contributed by atoms with van der Waals surface area (Å²) in [7, 11) is 1.84. The van der Waals surface area contributed by atoms with E-state index in [4.69, 9.17) is 9.47 Å². The fraction of sp³-hybridized carbons (Fsp3) is 0.227. The minimum absolute atomic E-state index is 0.00985. The van der Waals surface area contributed by atoms with Gasteiger partial charge in [0.25, 0.3) is 0 Å². The first-order valence-corrected chi connectivity index (χ1v) is 9.68. The lowest BCUT2D eigenvalue weighted by molar-refractivity contribution is -0.137. The van der Waals surface area contributed by atoms with Crippen molar-refractivity contribution in [2.45, 2.75) is 19.3 Å². The smallest absolute Gasteiger partial charge is 0.416 e. The quantitative estimate of drug-likeness (QED) is 0.534. The first-order chi connectivity index (χ1) is 15.6. The van der Waals surface area contributed by atoms with Crippen molar-refractivity contribution >= 4 is 5.82 Å². The molecule has 0 fully saturated rings. The van der Waals surface area contributed by atoms with Gasteiger partial charge in [-0.3, -0.25) is 4.57 Å². The number of fused-ring (bicyclic) bond motifs is 1. The zero-order valence-corrected chi connectivity index (χ0v) is 17.2. The van der Waals surface area contributed by atoms with E-state index in [2.05, 4.69) is 4.98 Å². The highest BCUT2D eigenvalue weighted by atomic mass is 19.4. The molecule has 3 aromatic rings. The van der Waals surface area contributed by atoms with Crippen molar-refractivity contribution in [1.29, 1.82) is 5.26 Å². The summed E-state index contributed by atoms with van der Waals surface area (Å²) >= 11 is 0. The topological polar surface area (TPSA) is 80.4 Å². The number of halogens is 4. The predicted octanol–water partition coefficient (Wildman–Crippen LogP) is 4.09. The maximum Gasteiger partial charge on any atom is 0.416 e. The van der Waals surface area contributed by atoms with Crippen LogP contribution >= 0.6 is 0 Å². The number of benzene rings is 2. The zero-order chi connectivity index (χ0) is 23.8. The van der Waals surface area contributed by atoms with Gasteiger partial charge in [-0.2, -0.15) is 23.4 Å². The summed E-state index contributed by atoms with van der Waals surface area (Å²) in [6.07, 6.45) is -4.75. The Balaban J connectivity index is 1.52. The summed E-state index contributed by atoms with van der Waals surface area (Å²) < 4.78 is 64.8. The van der Waals surface area contributed by atoms with Gasteiger partial charge in [0.05, 0.1) is 11.1 Å². The molecule has 0 N–H and O–H groups in total. The van der Waals surface area contributed by atoms with E-state index in [1.165, 1.54) is 22.8 Å². The Hall–Kier alpha value is -4.07. The summed E-state index contributed by atoms with van der Waals surface area (Å²) in [5.41, 5.74) is -1.09. The first kappa shape index (κ1) is 22.1. The van der Waals surface area contributed by atoms with Gasteiger partial charge < -0.3 is 14.4 Å². The monoisotopic (exact) mass is 460 g/mol. The SMILES string of the molecule is CN1CCn2c1cc(OCc1ccc(Oc3cc(F)cc(C(F)(F)F)c3)c(C#N)c1)nc2=O. The molecule has 0 saturated heterocycles. The lowest BCUT2D eigenvalue weighted by atomic mass is 10.1. The number of alkyl halides is 3. The van der Waals surface area contributed by atoms with Gasteiger partial charge >= 0.3 is 11.9 Å². The molecule has 0 atom stereocenters. The average molecular weight is 460 g/mol. The van der Waals surface area contributed by atoms with Crippen LogP contribution in [0, 0.1) is 17.1 Å². The summed E-state index contributed by atoms with van der Waals surface area (Å²) in [6.45, 7) is 1.20. The highest BCUT2D eigenvalue weighted by molar-refractivity contribution is 5.48. The van der Waals surface area contributed by atoms with Gasteiger partial charge in [0.1, 0.15) is 35.8 Å². The van der Waals surface area contributed by atoms with E-state index in [1.807, 2.05) is 18.0 Å². The van der Waals surface area contributed by atoms with Crippen LogP contribution in [-0.2, 0) is 19.3 Å². The minimum atomic E-state index is -4.75. The molecule has 2 heterocycles. The molecule has 11 heteroatoms. The van der Waals surface area contributed by atoms with Crippen molar-refractivity contribution in [3.05, 3.63) is 75.5 Å². The van der Waals surface area contributed by atoms with Gasteiger partial charge in [-0.25, -0.2) is 9.18 Å². The van der Waals surface area contributed by atoms with E-state index in [1.54, 1.807) is 6.07 Å². The Morgan fingerprint density at radius 3 is 2.67 bits per heavy atom. The number of likely N-dealkylation sites (N-methyl/N-ethyl adjacent to an activating group) is 1. The molecule has 0 bridgehead atoms. The molecular formula is C22H16F4N4O3. The lowest BCUT2D eigenvalue weighted by Gasteiger charge is -2.13. The third kappa shape index (κ3) is 4.74. The molecule has 0 radical (unpaired) electrons. The van der Waals surface area contributed by atoms with E-state index in [9.17, 15) is 27.6 Å². The third-order valence-corrected chi connectivity index (χ3v) is 4.99. The predicted molar refractivity (Wildman–Crippen MR) is 109 cm³/mol. The second-order valence-electron chi connectivity index (χ2n) is 7.31. The minimum Gasteiger partial charge on any atom is -0.473 e. The lowest BCUT2D eigenvalue weighted by Crippen LogP contribution is -2.22. The number of rotatable bonds is 5. The van der Waals surface area contributed by atoms with E-state index >= 15 is 0 Å². The van der Waals surface area contributed by atoms with Crippen LogP contribution < -0.4 is 20.1 Å². The standard InChI is InChI=1S/C22H16F4N4O3/c1-29-4-5-30-20(29)10-19(28-21(30)31)32-12-13-2-3-18(14(6-13)11-27)33-17-8-15(22(24,25)26)7-16(23)9-17/h2-3,6-10H,4-5,12H2,1H3. The highest BCUT2D eigenvalue weighted by Gasteiger charge is 2.31. The molecule has 1 aromatic heterocycles. The van der Waals surface area contributed by atoms with Crippen LogP contribution in [0.25, 0.3) is 0 Å². The van der Waals surface area contributed by atoms with E-state index in [-0.39, 0.29) is 23.8 Å². The molecule has 7 nitrogen and oxygen atoms in total. The number of ether oxygens (including phenoxy) is 2. The number of hydrogen-bond donors (Lipinski definition) is 0. The van der Waals surface area contributed by atoms with E-state index in [0.29, 0.717) is 36.6 Å². The maximum atomic E-state index is 13.6. The van der Waals surface area contributed by atoms with Crippen LogP contribution in [0.4, 0.5) is 23.4 Å². The zero-order valence-electron chi connectivity index (χ0n) is 17.2. The number of anilines is 1. The van der Waals surface area contributed by atoms with Crippen LogP contribution in [0.3, 0.4) is 0 Å². The maximum absolute atomic E-state index is 13.6. The Bertz CT molecular complexity index is 1310. The third-order valence-electron chi connectivity index (χ3n) is 4.99.